The van der Waals surface area contributed by atoms with E-state index in [0.717, 1.165) is 18.5 Å². The van der Waals surface area contributed by atoms with Crippen LogP contribution in [0.1, 0.15) is 15.9 Å². The Bertz CT molecular complexity index is 324. The van der Waals surface area contributed by atoms with Gasteiger partial charge in [0.2, 0.25) is 0 Å². The molecule has 4 nitrogen and oxygen atoms in total. The second-order valence-electron chi connectivity index (χ2n) is 3.39. The van der Waals surface area contributed by atoms with Gasteiger partial charge >= 0.3 is 5.97 Å². The van der Waals surface area contributed by atoms with Crippen LogP contribution in [-0.2, 0) is 6.42 Å². The number of hydrogen-bond donors (Lipinski definition) is 1. The predicted molar refractivity (Wildman–Crippen MR) is 53.5 cm³/mol. The highest BCUT2D eigenvalue weighted by atomic mass is 16.4. The Morgan fingerprint density at radius 1 is 1.57 bits per heavy atom. The quantitative estimate of drug-likeness (QED) is 0.773. The van der Waals surface area contributed by atoms with Crippen molar-refractivity contribution in [3.8, 4) is 0 Å². The van der Waals surface area contributed by atoms with Gasteiger partial charge in [-0.2, -0.15) is 0 Å². The van der Waals surface area contributed by atoms with Crippen LogP contribution in [0.4, 0.5) is 0 Å². The van der Waals surface area contributed by atoms with Crippen LogP contribution in [0, 0.1) is 0 Å². The molecule has 76 valence electrons. The molecule has 0 aromatic carbocycles. The Labute approximate surface area is 83.2 Å². The zero-order valence-electron chi connectivity index (χ0n) is 8.40. The molecule has 0 radical (unpaired) electrons. The summed E-state index contributed by atoms with van der Waals surface area (Å²) in [6.07, 6.45) is 3.75. The number of rotatable bonds is 4. The fraction of sp³-hybridized carbons (Fsp3) is 0.400. The highest BCUT2D eigenvalue weighted by Gasteiger charge is 2.09. The number of carbonyl (C=O) groups is 1. The minimum absolute atomic E-state index is 0.300. The third kappa shape index (κ3) is 2.81. The number of carboxylic acid groups (broad SMARTS) is 1. The molecular formula is C10H14N2O2. The molecule has 0 fully saturated rings. The molecule has 0 saturated carbocycles. The van der Waals surface area contributed by atoms with E-state index in [1.807, 2.05) is 19.0 Å². The first-order valence-corrected chi connectivity index (χ1v) is 4.42. The second kappa shape index (κ2) is 4.72. The van der Waals surface area contributed by atoms with Crippen molar-refractivity contribution < 1.29 is 9.90 Å². The van der Waals surface area contributed by atoms with Gasteiger partial charge in [-0.25, -0.2) is 4.79 Å². The summed E-state index contributed by atoms with van der Waals surface area (Å²) in [5, 5.41) is 8.88. The number of carboxylic acids is 1. The number of nitrogens with zero attached hydrogens (tertiary/aromatic N) is 2. The Kier molecular flexibility index (Phi) is 3.59. The molecule has 1 aromatic rings. The van der Waals surface area contributed by atoms with E-state index in [9.17, 15) is 4.79 Å². The van der Waals surface area contributed by atoms with Crippen molar-refractivity contribution >= 4 is 5.97 Å². The second-order valence-corrected chi connectivity index (χ2v) is 3.39. The van der Waals surface area contributed by atoms with Gasteiger partial charge in [0, 0.05) is 18.9 Å². The lowest BCUT2D eigenvalue weighted by atomic mass is 10.1. The summed E-state index contributed by atoms with van der Waals surface area (Å²) in [6, 6.07) is 1.76. The maximum absolute atomic E-state index is 10.8. The fourth-order valence-corrected chi connectivity index (χ4v) is 1.18. The van der Waals surface area contributed by atoms with Crippen molar-refractivity contribution in [2.24, 2.45) is 0 Å². The van der Waals surface area contributed by atoms with Gasteiger partial charge in [-0.05, 0) is 32.1 Å². The van der Waals surface area contributed by atoms with Crippen molar-refractivity contribution in [1.29, 1.82) is 0 Å². The molecule has 0 saturated heterocycles. The summed E-state index contributed by atoms with van der Waals surface area (Å²) in [4.78, 5) is 16.6. The highest BCUT2D eigenvalue weighted by Crippen LogP contribution is 2.07. The fourth-order valence-electron chi connectivity index (χ4n) is 1.18. The highest BCUT2D eigenvalue weighted by molar-refractivity contribution is 5.88. The largest absolute Gasteiger partial charge is 0.478 e. The molecule has 0 spiro atoms. The summed E-state index contributed by atoms with van der Waals surface area (Å²) in [5.74, 6) is -0.910. The minimum atomic E-state index is -0.910. The summed E-state index contributed by atoms with van der Waals surface area (Å²) in [6.45, 7) is 0.838. The zero-order valence-corrected chi connectivity index (χ0v) is 8.40. The van der Waals surface area contributed by atoms with Crippen LogP contribution in [0.3, 0.4) is 0 Å². The molecule has 0 atom stereocenters. The summed E-state index contributed by atoms with van der Waals surface area (Å²) >= 11 is 0. The van der Waals surface area contributed by atoms with Crippen molar-refractivity contribution in [1.82, 2.24) is 9.88 Å². The van der Waals surface area contributed by atoms with E-state index in [-0.39, 0.29) is 0 Å². The van der Waals surface area contributed by atoms with Gasteiger partial charge in [0.1, 0.15) is 0 Å². The number of aromatic carboxylic acids is 1. The smallest absolute Gasteiger partial charge is 0.337 e. The SMILES string of the molecule is CN(C)CCc1ccncc1C(=O)O. The third-order valence-corrected chi connectivity index (χ3v) is 1.97. The lowest BCUT2D eigenvalue weighted by Crippen LogP contribution is -2.16. The Morgan fingerprint density at radius 3 is 2.86 bits per heavy atom. The third-order valence-electron chi connectivity index (χ3n) is 1.97. The zero-order chi connectivity index (χ0) is 10.6. The van der Waals surface area contributed by atoms with E-state index < -0.39 is 5.97 Å². The first-order chi connectivity index (χ1) is 6.61. The van der Waals surface area contributed by atoms with E-state index in [0.29, 0.717) is 5.56 Å². The van der Waals surface area contributed by atoms with Crippen LogP contribution in [-0.4, -0.2) is 41.6 Å². The molecule has 0 aliphatic heterocycles. The van der Waals surface area contributed by atoms with E-state index in [4.69, 9.17) is 5.11 Å². The average Bonchev–Trinajstić information content (AvgIpc) is 2.15. The van der Waals surface area contributed by atoms with Crippen molar-refractivity contribution in [3.05, 3.63) is 29.6 Å². The molecule has 1 N–H and O–H groups in total. The van der Waals surface area contributed by atoms with Gasteiger partial charge in [0.15, 0.2) is 0 Å². The molecular weight excluding hydrogens is 180 g/mol. The summed E-state index contributed by atoms with van der Waals surface area (Å²) in [7, 11) is 3.92. The lowest BCUT2D eigenvalue weighted by molar-refractivity contribution is 0.0695. The molecule has 1 aromatic heterocycles. The molecule has 0 bridgehead atoms. The van der Waals surface area contributed by atoms with Crippen LogP contribution in [0.25, 0.3) is 0 Å². The van der Waals surface area contributed by atoms with E-state index in [1.54, 1.807) is 12.3 Å². The molecule has 0 amide bonds. The van der Waals surface area contributed by atoms with Gasteiger partial charge in [-0.15, -0.1) is 0 Å². The van der Waals surface area contributed by atoms with E-state index >= 15 is 0 Å². The van der Waals surface area contributed by atoms with Crippen LogP contribution >= 0.6 is 0 Å². The maximum atomic E-state index is 10.8. The van der Waals surface area contributed by atoms with Gasteiger partial charge < -0.3 is 10.0 Å². The summed E-state index contributed by atoms with van der Waals surface area (Å²) < 4.78 is 0. The molecule has 0 aliphatic rings. The van der Waals surface area contributed by atoms with Crippen LogP contribution in [0.5, 0.6) is 0 Å². The normalized spacial score (nSPS) is 10.5. The van der Waals surface area contributed by atoms with Gasteiger partial charge in [-0.3, -0.25) is 4.98 Å². The Morgan fingerprint density at radius 2 is 2.29 bits per heavy atom. The topological polar surface area (TPSA) is 53.4 Å². The lowest BCUT2D eigenvalue weighted by Gasteiger charge is -2.10. The Balaban J connectivity index is 2.79. The molecule has 14 heavy (non-hydrogen) atoms. The minimum Gasteiger partial charge on any atom is -0.478 e. The number of aromatic nitrogens is 1. The molecule has 1 heterocycles. The maximum Gasteiger partial charge on any atom is 0.337 e. The number of likely N-dealkylation sites (N-methyl/N-ethyl adjacent to an activating group) is 1. The first kappa shape index (κ1) is 10.7. The Hall–Kier alpha value is -1.42. The molecule has 0 unspecified atom stereocenters. The van der Waals surface area contributed by atoms with Crippen LogP contribution < -0.4 is 0 Å². The van der Waals surface area contributed by atoms with Crippen molar-refractivity contribution in [2.45, 2.75) is 6.42 Å². The van der Waals surface area contributed by atoms with Crippen molar-refractivity contribution in [3.63, 3.8) is 0 Å². The monoisotopic (exact) mass is 194 g/mol. The van der Waals surface area contributed by atoms with E-state index in [1.165, 1.54) is 6.20 Å². The van der Waals surface area contributed by atoms with Gasteiger partial charge in [0.05, 0.1) is 5.56 Å². The van der Waals surface area contributed by atoms with Crippen molar-refractivity contribution in [2.75, 3.05) is 20.6 Å². The van der Waals surface area contributed by atoms with Gasteiger partial charge in [-0.1, -0.05) is 0 Å². The standard InChI is InChI=1S/C10H14N2O2/c1-12(2)6-4-8-3-5-11-7-9(8)10(13)14/h3,5,7H,4,6H2,1-2H3,(H,13,14). The van der Waals surface area contributed by atoms with E-state index in [2.05, 4.69) is 4.98 Å². The van der Waals surface area contributed by atoms with Crippen LogP contribution in [0.15, 0.2) is 18.5 Å². The molecule has 4 heteroatoms. The molecule has 1 rings (SSSR count). The molecule has 0 aliphatic carbocycles. The number of hydrogen-bond acceptors (Lipinski definition) is 3. The summed E-state index contributed by atoms with van der Waals surface area (Å²) in [5.41, 5.74) is 1.13. The predicted octanol–water partition coefficient (Wildman–Crippen LogP) is 0.884. The number of pyridine rings is 1. The van der Waals surface area contributed by atoms with Crippen LogP contribution in [0.2, 0.25) is 0 Å². The van der Waals surface area contributed by atoms with Gasteiger partial charge in [0.25, 0.3) is 0 Å². The first-order valence-electron chi connectivity index (χ1n) is 4.42. The average molecular weight is 194 g/mol.